The summed E-state index contributed by atoms with van der Waals surface area (Å²) in [6.45, 7) is 5.74. The number of benzene rings is 3. The Kier molecular flexibility index (Phi) is 7.47. The summed E-state index contributed by atoms with van der Waals surface area (Å²) in [6, 6.07) is 18.8. The number of amides is 2. The Labute approximate surface area is 227 Å². The molecule has 39 heavy (non-hydrogen) atoms. The van der Waals surface area contributed by atoms with E-state index in [1.54, 1.807) is 12.1 Å². The molecule has 9 heteroatoms. The van der Waals surface area contributed by atoms with Gasteiger partial charge in [-0.1, -0.05) is 36.4 Å². The molecule has 1 N–H and O–H groups in total. The molecule has 2 amide bonds. The Balaban J connectivity index is 0.921. The van der Waals surface area contributed by atoms with Gasteiger partial charge >= 0.3 is 0 Å². The fourth-order valence-corrected chi connectivity index (χ4v) is 5.55. The Morgan fingerprint density at radius 3 is 2.23 bits per heavy atom. The average Bonchev–Trinajstić information content (AvgIpc) is 2.96. The van der Waals surface area contributed by atoms with Crippen molar-refractivity contribution in [2.24, 2.45) is 0 Å². The SMILES string of the molecule is O=C1c2cccc3cccc(c23)C(=O)N1CCN1CCN(C[C@@H](O)COC[C@@H]2COc3ccccc3O2)CC1. The number of aliphatic hydroxyl groups excluding tert-OH is 1. The lowest BCUT2D eigenvalue weighted by atomic mass is 9.94. The predicted octanol–water partition coefficient (Wildman–Crippen LogP) is 2.27. The number of aliphatic hydroxyl groups is 1. The number of carbonyl (C=O) groups is 2. The smallest absolute Gasteiger partial charge is 0.261 e. The first-order valence-corrected chi connectivity index (χ1v) is 13.5. The molecule has 3 aromatic rings. The maximum atomic E-state index is 13.1. The minimum absolute atomic E-state index is 0.198. The molecule has 3 heterocycles. The summed E-state index contributed by atoms with van der Waals surface area (Å²) in [5.74, 6) is 1.01. The van der Waals surface area contributed by atoms with E-state index in [1.165, 1.54) is 4.90 Å². The van der Waals surface area contributed by atoms with Crippen LogP contribution in [0.25, 0.3) is 10.8 Å². The molecule has 6 rings (SSSR count). The number of hydrogen-bond acceptors (Lipinski definition) is 8. The highest BCUT2D eigenvalue weighted by atomic mass is 16.6. The number of ether oxygens (including phenoxy) is 3. The summed E-state index contributed by atoms with van der Waals surface area (Å²) in [5, 5.41) is 12.2. The minimum atomic E-state index is -0.597. The van der Waals surface area contributed by atoms with Crippen molar-refractivity contribution >= 4 is 22.6 Å². The fraction of sp³-hybridized carbons (Fsp3) is 0.400. The van der Waals surface area contributed by atoms with Crippen molar-refractivity contribution in [2.45, 2.75) is 12.2 Å². The number of rotatable bonds is 9. The standard InChI is InChI=1S/C30H33N3O6/c34-22(18-37-19-23-20-38-26-9-1-2-10-27(26)39-23)17-32-13-11-31(12-14-32)15-16-33-29(35)24-7-3-5-21-6-4-8-25(28(21)24)30(33)36/h1-10,22-23,34H,11-20H2/t22-,23-/m1/s1. The number of carbonyl (C=O) groups excluding carboxylic acids is 2. The molecule has 9 nitrogen and oxygen atoms in total. The lowest BCUT2D eigenvalue weighted by Crippen LogP contribution is -2.51. The van der Waals surface area contributed by atoms with Gasteiger partial charge in [-0.2, -0.15) is 0 Å². The van der Waals surface area contributed by atoms with E-state index in [9.17, 15) is 14.7 Å². The van der Waals surface area contributed by atoms with E-state index in [0.29, 0.717) is 49.7 Å². The average molecular weight is 532 g/mol. The molecule has 0 radical (unpaired) electrons. The van der Waals surface area contributed by atoms with Crippen LogP contribution < -0.4 is 9.47 Å². The normalized spacial score (nSPS) is 20.4. The molecule has 2 atom stereocenters. The Bertz CT molecular complexity index is 1300. The summed E-state index contributed by atoms with van der Waals surface area (Å²) in [6.07, 6.45) is -0.796. The fourth-order valence-electron chi connectivity index (χ4n) is 5.55. The zero-order valence-electron chi connectivity index (χ0n) is 21.8. The van der Waals surface area contributed by atoms with Gasteiger partial charge in [0.2, 0.25) is 0 Å². The van der Waals surface area contributed by atoms with Crippen molar-refractivity contribution in [3.8, 4) is 11.5 Å². The van der Waals surface area contributed by atoms with Crippen LogP contribution in [0.4, 0.5) is 0 Å². The minimum Gasteiger partial charge on any atom is -0.486 e. The van der Waals surface area contributed by atoms with Crippen molar-refractivity contribution in [2.75, 3.05) is 65.6 Å². The van der Waals surface area contributed by atoms with Crippen LogP contribution in [0.15, 0.2) is 60.7 Å². The number of imide groups is 1. The number of fused-ring (bicyclic) bond motifs is 1. The molecule has 0 unspecified atom stereocenters. The van der Waals surface area contributed by atoms with Crippen LogP contribution >= 0.6 is 0 Å². The Hall–Kier alpha value is -3.50. The van der Waals surface area contributed by atoms with E-state index in [0.717, 1.165) is 42.7 Å². The van der Waals surface area contributed by atoms with E-state index >= 15 is 0 Å². The van der Waals surface area contributed by atoms with Crippen molar-refractivity contribution in [1.82, 2.24) is 14.7 Å². The van der Waals surface area contributed by atoms with Gasteiger partial charge in [0.1, 0.15) is 6.61 Å². The molecule has 0 aromatic heterocycles. The second kappa shape index (κ2) is 11.3. The third-order valence-corrected chi connectivity index (χ3v) is 7.61. The van der Waals surface area contributed by atoms with Crippen LogP contribution in [0.3, 0.4) is 0 Å². The molecule has 0 saturated carbocycles. The van der Waals surface area contributed by atoms with Crippen LogP contribution in [0.2, 0.25) is 0 Å². The van der Waals surface area contributed by atoms with Crippen LogP contribution in [0, 0.1) is 0 Å². The van der Waals surface area contributed by atoms with Gasteiger partial charge in [0.05, 0.1) is 19.3 Å². The summed E-state index contributed by atoms with van der Waals surface area (Å²) in [5.41, 5.74) is 1.19. The summed E-state index contributed by atoms with van der Waals surface area (Å²) < 4.78 is 17.3. The molecule has 0 aliphatic carbocycles. The van der Waals surface area contributed by atoms with E-state index in [2.05, 4.69) is 9.80 Å². The number of hydrogen-bond donors (Lipinski definition) is 1. The highest BCUT2D eigenvalue weighted by Crippen LogP contribution is 2.31. The Morgan fingerprint density at radius 1 is 0.846 bits per heavy atom. The number of nitrogens with zero attached hydrogens (tertiary/aromatic N) is 3. The van der Waals surface area contributed by atoms with Gasteiger partial charge in [-0.05, 0) is 29.7 Å². The van der Waals surface area contributed by atoms with Gasteiger partial charge in [-0.25, -0.2) is 0 Å². The molecular weight excluding hydrogens is 498 g/mol. The molecular formula is C30H33N3O6. The molecule has 3 aliphatic rings. The number of piperazine rings is 1. The lowest BCUT2D eigenvalue weighted by molar-refractivity contribution is -0.0321. The van der Waals surface area contributed by atoms with E-state index in [4.69, 9.17) is 14.2 Å². The van der Waals surface area contributed by atoms with Crippen LogP contribution in [0.5, 0.6) is 11.5 Å². The molecule has 0 bridgehead atoms. The van der Waals surface area contributed by atoms with Gasteiger partial charge in [0, 0.05) is 62.3 Å². The van der Waals surface area contributed by atoms with Crippen molar-refractivity contribution in [3.05, 3.63) is 71.8 Å². The quantitative estimate of drug-likeness (QED) is 0.421. The Morgan fingerprint density at radius 2 is 1.51 bits per heavy atom. The monoisotopic (exact) mass is 531 g/mol. The van der Waals surface area contributed by atoms with Gasteiger partial charge in [-0.15, -0.1) is 0 Å². The third-order valence-electron chi connectivity index (χ3n) is 7.61. The molecule has 3 aromatic carbocycles. The van der Waals surface area contributed by atoms with Gasteiger partial charge in [0.25, 0.3) is 11.8 Å². The van der Waals surface area contributed by atoms with E-state index < -0.39 is 6.10 Å². The maximum Gasteiger partial charge on any atom is 0.261 e. The maximum absolute atomic E-state index is 13.1. The second-order valence-corrected chi connectivity index (χ2v) is 10.3. The first-order valence-electron chi connectivity index (χ1n) is 13.5. The third kappa shape index (κ3) is 5.49. The second-order valence-electron chi connectivity index (χ2n) is 10.3. The molecule has 204 valence electrons. The highest BCUT2D eigenvalue weighted by Gasteiger charge is 2.33. The molecule has 0 spiro atoms. The first kappa shape index (κ1) is 25.8. The van der Waals surface area contributed by atoms with Gasteiger partial charge in [-0.3, -0.25) is 24.3 Å². The number of β-amino-alcohol motifs (C(OH)–C–C–N with tert-alkyl or cyclic N) is 1. The zero-order chi connectivity index (χ0) is 26.8. The topological polar surface area (TPSA) is 91.8 Å². The van der Waals surface area contributed by atoms with Crippen LogP contribution in [-0.2, 0) is 4.74 Å². The van der Waals surface area contributed by atoms with Gasteiger partial charge < -0.3 is 19.3 Å². The van der Waals surface area contributed by atoms with Crippen molar-refractivity contribution in [1.29, 1.82) is 0 Å². The largest absolute Gasteiger partial charge is 0.486 e. The number of para-hydroxylation sites is 2. The molecule has 1 fully saturated rings. The van der Waals surface area contributed by atoms with E-state index in [1.807, 2.05) is 48.5 Å². The van der Waals surface area contributed by atoms with Crippen LogP contribution in [-0.4, -0.2) is 109 Å². The molecule has 1 saturated heterocycles. The predicted molar refractivity (Wildman–Crippen MR) is 145 cm³/mol. The first-order chi connectivity index (χ1) is 19.1. The van der Waals surface area contributed by atoms with Crippen molar-refractivity contribution in [3.63, 3.8) is 0 Å². The lowest BCUT2D eigenvalue weighted by Gasteiger charge is -2.36. The summed E-state index contributed by atoms with van der Waals surface area (Å²) >= 11 is 0. The summed E-state index contributed by atoms with van der Waals surface area (Å²) in [4.78, 5) is 32.1. The van der Waals surface area contributed by atoms with Crippen molar-refractivity contribution < 1.29 is 28.9 Å². The molecule has 3 aliphatic heterocycles. The van der Waals surface area contributed by atoms with E-state index in [-0.39, 0.29) is 24.5 Å². The highest BCUT2D eigenvalue weighted by molar-refractivity contribution is 6.25. The summed E-state index contributed by atoms with van der Waals surface area (Å²) in [7, 11) is 0. The van der Waals surface area contributed by atoms with Crippen LogP contribution in [0.1, 0.15) is 20.7 Å². The zero-order valence-corrected chi connectivity index (χ0v) is 21.8. The van der Waals surface area contributed by atoms with Gasteiger partial charge in [0.15, 0.2) is 17.6 Å².